The topological polar surface area (TPSA) is 67.4 Å². The van der Waals surface area contributed by atoms with Gasteiger partial charge in [-0.2, -0.15) is 0 Å². The van der Waals surface area contributed by atoms with Crippen molar-refractivity contribution in [3.05, 3.63) is 46.2 Å². The second-order valence-corrected chi connectivity index (χ2v) is 5.26. The first-order valence-corrected chi connectivity index (χ1v) is 7.25. The molecule has 0 atom stereocenters. The Hall–Kier alpha value is -2.34. The SMILES string of the molecule is COC(=O)c1scc(C)c1NC(=O)CNc1ccccc1. The van der Waals surface area contributed by atoms with Crippen LogP contribution in [0, 0.1) is 6.92 Å². The number of aryl methyl sites for hydroxylation is 1. The molecule has 0 unspecified atom stereocenters. The molecule has 1 aromatic carbocycles. The molecular weight excluding hydrogens is 288 g/mol. The highest BCUT2D eigenvalue weighted by molar-refractivity contribution is 7.12. The molecule has 0 aliphatic carbocycles. The van der Waals surface area contributed by atoms with Gasteiger partial charge in [0.1, 0.15) is 4.88 Å². The fourth-order valence-electron chi connectivity index (χ4n) is 1.76. The summed E-state index contributed by atoms with van der Waals surface area (Å²) in [6.45, 7) is 1.96. The number of ether oxygens (including phenoxy) is 1. The van der Waals surface area contributed by atoms with Gasteiger partial charge in [-0.3, -0.25) is 4.79 Å². The monoisotopic (exact) mass is 304 g/mol. The fraction of sp³-hybridized carbons (Fsp3) is 0.200. The molecule has 1 aromatic heterocycles. The number of para-hydroxylation sites is 1. The largest absolute Gasteiger partial charge is 0.465 e. The highest BCUT2D eigenvalue weighted by Gasteiger charge is 2.18. The predicted molar refractivity (Wildman–Crippen MR) is 84.0 cm³/mol. The van der Waals surface area contributed by atoms with E-state index in [4.69, 9.17) is 4.74 Å². The predicted octanol–water partition coefficient (Wildman–Crippen LogP) is 2.89. The number of hydrogen-bond donors (Lipinski definition) is 2. The number of carbonyl (C=O) groups excluding carboxylic acids is 2. The van der Waals surface area contributed by atoms with Crippen LogP contribution in [0.1, 0.15) is 15.2 Å². The van der Waals surface area contributed by atoms with Gasteiger partial charge in [-0.05, 0) is 30.0 Å². The number of rotatable bonds is 5. The first-order valence-electron chi connectivity index (χ1n) is 6.37. The summed E-state index contributed by atoms with van der Waals surface area (Å²) < 4.78 is 4.71. The summed E-state index contributed by atoms with van der Waals surface area (Å²) in [5.41, 5.74) is 2.23. The average Bonchev–Trinajstić information content (AvgIpc) is 2.86. The Kier molecular flexibility index (Phi) is 4.94. The highest BCUT2D eigenvalue weighted by Crippen LogP contribution is 2.28. The Balaban J connectivity index is 2.00. The number of methoxy groups -OCH3 is 1. The van der Waals surface area contributed by atoms with Crippen LogP contribution in [-0.2, 0) is 9.53 Å². The third-order valence-electron chi connectivity index (χ3n) is 2.84. The van der Waals surface area contributed by atoms with Gasteiger partial charge in [0, 0.05) is 5.69 Å². The normalized spacial score (nSPS) is 10.0. The van der Waals surface area contributed by atoms with Crippen LogP contribution < -0.4 is 10.6 Å². The molecule has 1 heterocycles. The average molecular weight is 304 g/mol. The van der Waals surface area contributed by atoms with Gasteiger partial charge < -0.3 is 15.4 Å². The minimum absolute atomic E-state index is 0.125. The van der Waals surface area contributed by atoms with Crippen molar-refractivity contribution in [1.29, 1.82) is 0 Å². The van der Waals surface area contributed by atoms with Crippen LogP contribution in [-0.4, -0.2) is 25.5 Å². The molecule has 0 spiro atoms. The molecule has 2 rings (SSSR count). The van der Waals surface area contributed by atoms with Crippen molar-refractivity contribution in [2.75, 3.05) is 24.3 Å². The van der Waals surface area contributed by atoms with Crippen LogP contribution in [0.25, 0.3) is 0 Å². The molecule has 0 aliphatic rings. The summed E-state index contributed by atoms with van der Waals surface area (Å²) in [6, 6.07) is 9.44. The minimum Gasteiger partial charge on any atom is -0.465 e. The second kappa shape index (κ2) is 6.90. The minimum atomic E-state index is -0.445. The Morgan fingerprint density at radius 1 is 1.24 bits per heavy atom. The van der Waals surface area contributed by atoms with Crippen LogP contribution in [0.4, 0.5) is 11.4 Å². The summed E-state index contributed by atoms with van der Waals surface area (Å²) in [5, 5.41) is 7.58. The molecule has 0 saturated carbocycles. The standard InChI is InChI=1S/C15H16N2O3S/c1-10-9-21-14(15(19)20-2)13(10)17-12(18)8-16-11-6-4-3-5-7-11/h3-7,9,16H,8H2,1-2H3,(H,17,18). The van der Waals surface area contributed by atoms with E-state index in [0.29, 0.717) is 10.6 Å². The van der Waals surface area contributed by atoms with Gasteiger partial charge in [-0.1, -0.05) is 18.2 Å². The summed E-state index contributed by atoms with van der Waals surface area (Å²) >= 11 is 1.26. The van der Waals surface area contributed by atoms with E-state index in [1.807, 2.05) is 42.6 Å². The zero-order valence-electron chi connectivity index (χ0n) is 11.8. The van der Waals surface area contributed by atoms with Gasteiger partial charge in [0.05, 0.1) is 19.3 Å². The lowest BCUT2D eigenvalue weighted by atomic mass is 10.2. The van der Waals surface area contributed by atoms with Crippen LogP contribution in [0.3, 0.4) is 0 Å². The number of nitrogens with one attached hydrogen (secondary N) is 2. The molecule has 0 bridgehead atoms. The molecule has 0 fully saturated rings. The fourth-order valence-corrected chi connectivity index (χ4v) is 2.69. The summed E-state index contributed by atoms with van der Waals surface area (Å²) in [7, 11) is 1.32. The van der Waals surface area contributed by atoms with Crippen molar-refractivity contribution in [2.24, 2.45) is 0 Å². The second-order valence-electron chi connectivity index (χ2n) is 4.38. The summed E-state index contributed by atoms with van der Waals surface area (Å²) in [4.78, 5) is 24.0. The number of anilines is 2. The maximum absolute atomic E-state index is 12.0. The molecule has 21 heavy (non-hydrogen) atoms. The van der Waals surface area contributed by atoms with Crippen LogP contribution in [0.2, 0.25) is 0 Å². The highest BCUT2D eigenvalue weighted by atomic mass is 32.1. The number of benzene rings is 1. The number of thiophene rings is 1. The van der Waals surface area contributed by atoms with E-state index >= 15 is 0 Å². The first-order chi connectivity index (χ1) is 10.1. The quantitative estimate of drug-likeness (QED) is 0.834. The molecular formula is C15H16N2O3S. The Labute approximate surface area is 126 Å². The smallest absolute Gasteiger partial charge is 0.350 e. The molecule has 2 aromatic rings. The molecule has 0 saturated heterocycles. The van der Waals surface area contributed by atoms with Gasteiger partial charge in [-0.15, -0.1) is 11.3 Å². The van der Waals surface area contributed by atoms with Gasteiger partial charge in [0.15, 0.2) is 0 Å². The van der Waals surface area contributed by atoms with E-state index in [9.17, 15) is 9.59 Å². The number of esters is 1. The van der Waals surface area contributed by atoms with Crippen molar-refractivity contribution in [2.45, 2.75) is 6.92 Å². The van der Waals surface area contributed by atoms with E-state index in [2.05, 4.69) is 10.6 Å². The summed E-state index contributed by atoms with van der Waals surface area (Å²) in [5.74, 6) is -0.662. The molecule has 2 N–H and O–H groups in total. The van der Waals surface area contributed by atoms with Crippen LogP contribution in [0.5, 0.6) is 0 Å². The third-order valence-corrected chi connectivity index (χ3v) is 3.91. The number of amides is 1. The maximum atomic E-state index is 12.0. The van der Waals surface area contributed by atoms with Gasteiger partial charge in [0.25, 0.3) is 0 Å². The Bertz CT molecular complexity index is 638. The summed E-state index contributed by atoms with van der Waals surface area (Å²) in [6.07, 6.45) is 0. The zero-order valence-corrected chi connectivity index (χ0v) is 12.6. The molecule has 6 heteroatoms. The molecule has 1 amide bonds. The van der Waals surface area contributed by atoms with Crippen LogP contribution >= 0.6 is 11.3 Å². The van der Waals surface area contributed by atoms with Crippen molar-refractivity contribution in [3.63, 3.8) is 0 Å². The van der Waals surface area contributed by atoms with Crippen LogP contribution in [0.15, 0.2) is 35.7 Å². The maximum Gasteiger partial charge on any atom is 0.350 e. The lowest BCUT2D eigenvalue weighted by molar-refractivity contribution is -0.114. The van der Waals surface area contributed by atoms with Gasteiger partial charge in [-0.25, -0.2) is 4.79 Å². The van der Waals surface area contributed by atoms with Gasteiger partial charge >= 0.3 is 5.97 Å². The van der Waals surface area contributed by atoms with E-state index in [0.717, 1.165) is 11.3 Å². The van der Waals surface area contributed by atoms with E-state index < -0.39 is 5.97 Å². The van der Waals surface area contributed by atoms with Crippen molar-refractivity contribution in [3.8, 4) is 0 Å². The Morgan fingerprint density at radius 2 is 1.95 bits per heavy atom. The molecule has 5 nitrogen and oxygen atoms in total. The van der Waals surface area contributed by atoms with E-state index in [-0.39, 0.29) is 12.5 Å². The van der Waals surface area contributed by atoms with Crippen molar-refractivity contribution in [1.82, 2.24) is 0 Å². The molecule has 110 valence electrons. The lowest BCUT2D eigenvalue weighted by Crippen LogP contribution is -2.22. The van der Waals surface area contributed by atoms with Gasteiger partial charge in [0.2, 0.25) is 5.91 Å². The first kappa shape index (κ1) is 15.1. The van der Waals surface area contributed by atoms with E-state index in [1.54, 1.807) is 0 Å². The third kappa shape index (κ3) is 3.82. The van der Waals surface area contributed by atoms with Crippen molar-refractivity contribution >= 4 is 34.6 Å². The zero-order chi connectivity index (χ0) is 15.2. The number of carbonyl (C=O) groups is 2. The van der Waals surface area contributed by atoms with Crippen molar-refractivity contribution < 1.29 is 14.3 Å². The van der Waals surface area contributed by atoms with E-state index in [1.165, 1.54) is 18.4 Å². The lowest BCUT2D eigenvalue weighted by Gasteiger charge is -2.09. The number of hydrogen-bond acceptors (Lipinski definition) is 5. The Morgan fingerprint density at radius 3 is 2.62 bits per heavy atom. The molecule has 0 radical (unpaired) electrons. The molecule has 0 aliphatic heterocycles.